The number of rotatable bonds is 9. The van der Waals surface area contributed by atoms with Crippen LogP contribution >= 0.6 is 0 Å². The zero-order valence-electron chi connectivity index (χ0n) is 22.7. The lowest BCUT2D eigenvalue weighted by Crippen LogP contribution is -2.57. The summed E-state index contributed by atoms with van der Waals surface area (Å²) in [6.45, 7) is 11.2. The zero-order valence-corrected chi connectivity index (χ0v) is 22.7. The first-order valence-corrected chi connectivity index (χ1v) is 13.3. The third kappa shape index (κ3) is 6.02. The zero-order chi connectivity index (χ0) is 26.8. The van der Waals surface area contributed by atoms with E-state index in [4.69, 9.17) is 14.0 Å². The van der Waals surface area contributed by atoms with Crippen molar-refractivity contribution in [2.75, 3.05) is 26.3 Å². The number of hydrogen-bond acceptors (Lipinski definition) is 6. The molecular weight excluding hydrogens is 473 g/mol. The van der Waals surface area contributed by atoms with Crippen molar-refractivity contribution in [3.8, 4) is 0 Å². The van der Waals surface area contributed by atoms with Crippen LogP contribution in [0.25, 0.3) is 0 Å². The highest BCUT2D eigenvalue weighted by Crippen LogP contribution is 2.46. The Morgan fingerprint density at radius 2 is 1.68 bits per heavy atom. The third-order valence-electron chi connectivity index (χ3n) is 8.13. The van der Waals surface area contributed by atoms with E-state index in [1.54, 1.807) is 4.90 Å². The second kappa shape index (κ2) is 10.7. The molecule has 1 aromatic rings. The van der Waals surface area contributed by atoms with E-state index in [0.29, 0.717) is 32.7 Å². The van der Waals surface area contributed by atoms with Crippen molar-refractivity contribution in [3.05, 3.63) is 35.9 Å². The molecule has 9 nitrogen and oxygen atoms in total. The number of nitrogens with zero attached hydrogens (tertiary/aromatic N) is 1. The quantitative estimate of drug-likeness (QED) is 0.489. The Hall–Kier alpha value is -2.43. The summed E-state index contributed by atoms with van der Waals surface area (Å²) < 4.78 is 18.0. The lowest BCUT2D eigenvalue weighted by atomic mass is 9.75. The number of nitrogens with one attached hydrogen (secondary N) is 2. The number of carbonyl (C=O) groups excluding carboxylic acids is 3. The fourth-order valence-corrected chi connectivity index (χ4v) is 5.12. The van der Waals surface area contributed by atoms with Gasteiger partial charge in [0.1, 0.15) is 5.54 Å². The van der Waals surface area contributed by atoms with E-state index in [9.17, 15) is 14.4 Å². The first-order valence-electron chi connectivity index (χ1n) is 13.3. The SMILES string of the molecule is CC(=O)NC1(C(=O)N[C@@H](CCCc2ccccc2)B2OC(C)(C)C(C)(C)O2)CC1C(=O)N1CCOCC1. The Labute approximate surface area is 220 Å². The second-order valence-corrected chi connectivity index (χ2v) is 11.4. The number of ether oxygens (including phenoxy) is 1. The summed E-state index contributed by atoms with van der Waals surface area (Å²) in [7, 11) is -0.647. The monoisotopic (exact) mass is 513 g/mol. The molecule has 2 aliphatic heterocycles. The minimum absolute atomic E-state index is 0.122. The molecular formula is C27H40BN3O6. The Bertz CT molecular complexity index is 981. The van der Waals surface area contributed by atoms with Crippen LogP contribution in [0.3, 0.4) is 0 Å². The molecule has 4 rings (SSSR count). The van der Waals surface area contributed by atoms with Gasteiger partial charge in [-0.1, -0.05) is 30.3 Å². The standard InChI is InChI=1S/C27H40BN3O6/c1-19(32)30-27(18-21(27)23(33)31-14-16-35-17-15-31)24(34)29-22(13-9-12-20-10-7-6-8-11-20)28-36-25(2,3)26(4,5)37-28/h6-8,10-11,21-22H,9,12-18H2,1-5H3,(H,29,34)(H,30,32)/t21?,22-,27?/m0/s1. The first kappa shape index (κ1) is 27.6. The maximum atomic E-state index is 13.8. The molecule has 3 aliphatic rings. The fourth-order valence-electron chi connectivity index (χ4n) is 5.12. The molecule has 2 N–H and O–H groups in total. The maximum absolute atomic E-state index is 13.8. The molecule has 0 aromatic heterocycles. The molecule has 2 heterocycles. The lowest BCUT2D eigenvalue weighted by molar-refractivity contribution is -0.139. The van der Waals surface area contributed by atoms with Crippen molar-refractivity contribution >= 4 is 24.8 Å². The predicted molar refractivity (Wildman–Crippen MR) is 139 cm³/mol. The molecule has 3 amide bonds. The van der Waals surface area contributed by atoms with Gasteiger partial charge in [-0.2, -0.15) is 0 Å². The molecule has 1 aromatic carbocycles. The highest BCUT2D eigenvalue weighted by atomic mass is 16.7. The van der Waals surface area contributed by atoms with Crippen LogP contribution in [-0.2, 0) is 34.9 Å². The number of aryl methyl sites for hydroxylation is 1. The molecule has 202 valence electrons. The van der Waals surface area contributed by atoms with E-state index in [2.05, 4.69) is 22.8 Å². The van der Waals surface area contributed by atoms with Crippen LogP contribution < -0.4 is 10.6 Å². The molecule has 2 unspecified atom stereocenters. The van der Waals surface area contributed by atoms with E-state index < -0.39 is 35.7 Å². The number of carbonyl (C=O) groups is 3. The fraction of sp³-hybridized carbons (Fsp3) is 0.667. The van der Waals surface area contributed by atoms with Crippen LogP contribution in [0.1, 0.15) is 59.4 Å². The summed E-state index contributed by atoms with van der Waals surface area (Å²) in [5.41, 5.74) is -1.15. The highest BCUT2D eigenvalue weighted by molar-refractivity contribution is 6.48. The van der Waals surface area contributed by atoms with Crippen LogP contribution in [0.15, 0.2) is 30.3 Å². The van der Waals surface area contributed by atoms with Gasteiger partial charge in [-0.05, 0) is 58.9 Å². The van der Waals surface area contributed by atoms with Gasteiger partial charge in [-0.15, -0.1) is 0 Å². The minimum atomic E-state index is -1.26. The summed E-state index contributed by atoms with van der Waals surface area (Å²) >= 11 is 0. The number of morpholine rings is 1. The molecule has 10 heteroatoms. The molecule has 3 atom stereocenters. The minimum Gasteiger partial charge on any atom is -0.402 e. The van der Waals surface area contributed by atoms with Gasteiger partial charge in [-0.25, -0.2) is 0 Å². The molecule has 3 fully saturated rings. The predicted octanol–water partition coefficient (Wildman–Crippen LogP) is 1.88. The van der Waals surface area contributed by atoms with Gasteiger partial charge in [0.2, 0.25) is 17.7 Å². The Kier molecular flexibility index (Phi) is 8.02. The highest BCUT2D eigenvalue weighted by Gasteiger charge is 2.66. The van der Waals surface area contributed by atoms with E-state index in [-0.39, 0.29) is 24.1 Å². The summed E-state index contributed by atoms with van der Waals surface area (Å²) in [6.07, 6.45) is 2.55. The van der Waals surface area contributed by atoms with Gasteiger partial charge < -0.3 is 29.6 Å². The summed E-state index contributed by atoms with van der Waals surface area (Å²) in [4.78, 5) is 40.8. The Balaban J connectivity index is 1.49. The van der Waals surface area contributed by atoms with Crippen molar-refractivity contribution in [2.24, 2.45) is 5.92 Å². The maximum Gasteiger partial charge on any atom is 0.481 e. The van der Waals surface area contributed by atoms with Crippen molar-refractivity contribution < 1.29 is 28.4 Å². The third-order valence-corrected chi connectivity index (χ3v) is 8.13. The van der Waals surface area contributed by atoms with Crippen molar-refractivity contribution in [1.29, 1.82) is 0 Å². The molecule has 37 heavy (non-hydrogen) atoms. The van der Waals surface area contributed by atoms with E-state index in [1.165, 1.54) is 12.5 Å². The molecule has 1 aliphatic carbocycles. The summed E-state index contributed by atoms with van der Waals surface area (Å²) in [6, 6.07) is 10.2. The molecule has 2 saturated heterocycles. The van der Waals surface area contributed by atoms with Gasteiger partial charge in [0, 0.05) is 20.0 Å². The summed E-state index contributed by atoms with van der Waals surface area (Å²) in [5.74, 6) is -1.87. The summed E-state index contributed by atoms with van der Waals surface area (Å²) in [5, 5.41) is 5.92. The largest absolute Gasteiger partial charge is 0.481 e. The molecule has 1 saturated carbocycles. The average Bonchev–Trinajstić information content (AvgIpc) is 3.52. The van der Waals surface area contributed by atoms with Gasteiger partial charge in [0.05, 0.1) is 36.3 Å². The van der Waals surface area contributed by atoms with Gasteiger partial charge >= 0.3 is 7.12 Å². The smallest absolute Gasteiger partial charge is 0.402 e. The van der Waals surface area contributed by atoms with Crippen LogP contribution in [0.5, 0.6) is 0 Å². The van der Waals surface area contributed by atoms with E-state index in [0.717, 1.165) is 12.8 Å². The molecule has 0 radical (unpaired) electrons. The van der Waals surface area contributed by atoms with Crippen molar-refractivity contribution in [2.45, 2.75) is 83.0 Å². The average molecular weight is 513 g/mol. The van der Waals surface area contributed by atoms with E-state index in [1.807, 2.05) is 45.9 Å². The van der Waals surface area contributed by atoms with Crippen molar-refractivity contribution in [1.82, 2.24) is 15.5 Å². The van der Waals surface area contributed by atoms with Gasteiger partial charge in [-0.3, -0.25) is 14.4 Å². The lowest BCUT2D eigenvalue weighted by Gasteiger charge is -2.32. The van der Waals surface area contributed by atoms with Crippen LogP contribution in [0.4, 0.5) is 0 Å². The second-order valence-electron chi connectivity index (χ2n) is 11.4. The van der Waals surface area contributed by atoms with Crippen LogP contribution in [-0.4, -0.2) is 78.7 Å². The van der Waals surface area contributed by atoms with Gasteiger partial charge in [0.15, 0.2) is 0 Å². The number of benzene rings is 1. The number of hydrogen-bond donors (Lipinski definition) is 2. The van der Waals surface area contributed by atoms with E-state index >= 15 is 0 Å². The molecule has 0 spiro atoms. The topological polar surface area (TPSA) is 106 Å². The van der Waals surface area contributed by atoms with Crippen molar-refractivity contribution in [3.63, 3.8) is 0 Å². The first-order chi connectivity index (χ1) is 17.4. The van der Waals surface area contributed by atoms with Gasteiger partial charge in [0.25, 0.3) is 0 Å². The number of amides is 3. The Morgan fingerprint density at radius 3 is 2.27 bits per heavy atom. The van der Waals surface area contributed by atoms with Crippen LogP contribution in [0, 0.1) is 5.92 Å². The molecule has 0 bridgehead atoms. The Morgan fingerprint density at radius 1 is 1.05 bits per heavy atom. The van der Waals surface area contributed by atoms with Crippen LogP contribution in [0.2, 0.25) is 0 Å². The normalized spacial score (nSPS) is 26.9.